The Morgan fingerprint density at radius 3 is 2.45 bits per heavy atom. The molecule has 228 valence electrons. The number of amides is 2. The highest BCUT2D eigenvalue weighted by atomic mass is 79.9. The second kappa shape index (κ2) is 12.2. The summed E-state index contributed by atoms with van der Waals surface area (Å²) in [5.74, 6) is -2.45. The first-order chi connectivity index (χ1) is 21.1. The lowest BCUT2D eigenvalue weighted by Gasteiger charge is -2.36. The van der Waals surface area contributed by atoms with Crippen molar-refractivity contribution in [3.05, 3.63) is 115 Å². The summed E-state index contributed by atoms with van der Waals surface area (Å²) < 4.78 is 23.3. The van der Waals surface area contributed by atoms with Gasteiger partial charge in [0.15, 0.2) is 0 Å². The van der Waals surface area contributed by atoms with Gasteiger partial charge in [-0.05, 0) is 70.9 Å². The number of hydrogen-bond donors (Lipinski definition) is 1. The van der Waals surface area contributed by atoms with Crippen LogP contribution in [0, 0.1) is 0 Å². The first-order valence-electron chi connectivity index (χ1n) is 14.2. The van der Waals surface area contributed by atoms with Gasteiger partial charge in [-0.1, -0.05) is 41.9 Å². The number of aromatic nitrogens is 2. The number of nitrogens with zero attached hydrogens (tertiary/aromatic N) is 4. The Morgan fingerprint density at radius 1 is 1.02 bits per heavy atom. The van der Waals surface area contributed by atoms with Crippen molar-refractivity contribution < 1.29 is 18.7 Å². The molecule has 1 fully saturated rings. The van der Waals surface area contributed by atoms with Crippen molar-refractivity contribution in [3.63, 3.8) is 0 Å². The van der Waals surface area contributed by atoms with E-state index in [1.54, 1.807) is 51.9 Å². The Labute approximate surface area is 266 Å². The summed E-state index contributed by atoms with van der Waals surface area (Å²) in [7, 11) is 0. The van der Waals surface area contributed by atoms with Crippen LogP contribution < -0.4 is 15.9 Å². The molecule has 3 aromatic carbocycles. The molecule has 1 aromatic heterocycles. The molecule has 0 radical (unpaired) electrons. The molecule has 3 heterocycles. The minimum absolute atomic E-state index is 0.0593. The quantitative estimate of drug-likeness (QED) is 0.304. The van der Waals surface area contributed by atoms with Crippen LogP contribution >= 0.6 is 27.5 Å². The van der Waals surface area contributed by atoms with Crippen LogP contribution in [0.2, 0.25) is 5.02 Å². The number of carbonyl (C=O) groups is 2. The van der Waals surface area contributed by atoms with E-state index in [4.69, 9.17) is 16.3 Å². The predicted octanol–water partition coefficient (Wildman–Crippen LogP) is 5.16. The van der Waals surface area contributed by atoms with Gasteiger partial charge in [0, 0.05) is 41.9 Å². The Morgan fingerprint density at radius 2 is 1.75 bits per heavy atom. The summed E-state index contributed by atoms with van der Waals surface area (Å²) in [6, 6.07) is 21.6. The van der Waals surface area contributed by atoms with Crippen molar-refractivity contribution in [1.82, 2.24) is 19.4 Å². The lowest BCUT2D eigenvalue weighted by atomic mass is 10.1. The number of nitrogens with one attached hydrogen (secondary N) is 1. The van der Waals surface area contributed by atoms with Crippen LogP contribution in [0.4, 0.5) is 10.1 Å². The zero-order chi connectivity index (χ0) is 31.0. The molecule has 1 saturated heterocycles. The molecular formula is C32H30BrClFN5O4. The summed E-state index contributed by atoms with van der Waals surface area (Å²) in [5, 5.41) is 3.36. The number of carbonyl (C=O) groups excluding carboxylic acids is 2. The van der Waals surface area contributed by atoms with Gasteiger partial charge < -0.3 is 19.9 Å². The fourth-order valence-corrected chi connectivity index (χ4v) is 6.07. The van der Waals surface area contributed by atoms with Crippen LogP contribution in [0.5, 0.6) is 0 Å². The Balaban J connectivity index is 1.35. The molecule has 2 aliphatic rings. The van der Waals surface area contributed by atoms with Crippen LogP contribution in [0.3, 0.4) is 0 Å². The minimum atomic E-state index is -1.76. The summed E-state index contributed by atoms with van der Waals surface area (Å²) in [6.07, 6.45) is 0. The van der Waals surface area contributed by atoms with Crippen molar-refractivity contribution >= 4 is 45.0 Å². The molecule has 0 saturated carbocycles. The lowest BCUT2D eigenvalue weighted by molar-refractivity contribution is -0.136. The normalized spacial score (nSPS) is 18.2. The van der Waals surface area contributed by atoms with Crippen molar-refractivity contribution in [2.75, 3.05) is 31.1 Å². The lowest BCUT2D eigenvalue weighted by Crippen LogP contribution is -2.47. The Hall–Kier alpha value is -3.93. The van der Waals surface area contributed by atoms with E-state index in [1.807, 2.05) is 35.2 Å². The van der Waals surface area contributed by atoms with E-state index in [0.29, 0.717) is 33.0 Å². The van der Waals surface area contributed by atoms with Crippen molar-refractivity contribution in [3.8, 4) is 5.69 Å². The average Bonchev–Trinajstić information content (AvgIpc) is 3.32. The number of alkyl halides is 1. The van der Waals surface area contributed by atoms with Gasteiger partial charge in [0.25, 0.3) is 11.8 Å². The maximum absolute atomic E-state index is 14.5. The van der Waals surface area contributed by atoms with Crippen LogP contribution in [-0.2, 0) is 24.4 Å². The zero-order valence-electron chi connectivity index (χ0n) is 23.9. The first-order valence-corrected chi connectivity index (χ1v) is 15.4. The summed E-state index contributed by atoms with van der Waals surface area (Å²) in [5.41, 5.74) is 2.80. The Bertz CT molecular complexity index is 1770. The van der Waals surface area contributed by atoms with Gasteiger partial charge in [-0.15, -0.1) is 0 Å². The van der Waals surface area contributed by atoms with Gasteiger partial charge in [-0.2, -0.15) is 0 Å². The molecule has 44 heavy (non-hydrogen) atoms. The molecule has 0 aliphatic carbocycles. The van der Waals surface area contributed by atoms with Gasteiger partial charge in [-0.3, -0.25) is 18.7 Å². The first kappa shape index (κ1) is 30.1. The Kier molecular flexibility index (Phi) is 8.36. The average molecular weight is 683 g/mol. The number of halogens is 3. The molecule has 1 unspecified atom stereocenters. The maximum Gasteiger partial charge on any atom is 0.333 e. The highest BCUT2D eigenvalue weighted by Gasteiger charge is 2.33. The maximum atomic E-state index is 14.5. The second-order valence-corrected chi connectivity index (χ2v) is 12.2. The number of benzene rings is 3. The van der Waals surface area contributed by atoms with E-state index in [0.717, 1.165) is 11.3 Å². The van der Waals surface area contributed by atoms with Crippen LogP contribution in [0.15, 0.2) is 82.1 Å². The van der Waals surface area contributed by atoms with Crippen LogP contribution in [0.1, 0.15) is 39.0 Å². The number of morpholine rings is 1. The molecule has 1 atom stereocenters. The highest BCUT2D eigenvalue weighted by molar-refractivity contribution is 9.10. The van der Waals surface area contributed by atoms with Crippen LogP contribution in [-0.4, -0.2) is 57.9 Å². The number of rotatable bonds is 6. The fourth-order valence-electron chi connectivity index (χ4n) is 5.65. The molecule has 4 aromatic rings. The number of imidazole rings is 1. The van der Waals surface area contributed by atoms with Crippen molar-refractivity contribution in [2.24, 2.45) is 0 Å². The number of fused-ring (bicyclic) bond motifs is 1. The molecule has 1 N–H and O–H groups in total. The van der Waals surface area contributed by atoms with E-state index in [-0.39, 0.29) is 56.6 Å². The standard InChI is InChI=1S/C32H30BrClFN5O4/c1-32(35)20-38(15-16-44-32)23-8-10-24(11-9-23)40-28(29(41)36-18-21-5-3-2-4-6-21)27-19-37(13-14-39(27)31(40)43)30(42)22-7-12-25(33)26(34)17-22/h2-12,17H,13-16,18-20H2,1H3,(H,36,41). The monoisotopic (exact) mass is 681 g/mol. The SMILES string of the molecule is CC1(F)CN(c2ccc(-n3c(C(=O)NCc4ccccc4)c4n(c3=O)CCN(C(=O)c3ccc(Br)c(Cl)c3)C4)cc2)CCO1. The van der Waals surface area contributed by atoms with Crippen molar-refractivity contribution in [2.45, 2.75) is 32.4 Å². The topological polar surface area (TPSA) is 88.8 Å². The molecule has 6 rings (SSSR count). The minimum Gasteiger partial charge on any atom is -0.364 e. The number of anilines is 1. The van der Waals surface area contributed by atoms with Gasteiger partial charge >= 0.3 is 5.69 Å². The van der Waals surface area contributed by atoms with E-state index in [9.17, 15) is 18.8 Å². The van der Waals surface area contributed by atoms with Gasteiger partial charge in [-0.25, -0.2) is 9.18 Å². The summed E-state index contributed by atoms with van der Waals surface area (Å²) in [4.78, 5) is 44.7. The third-order valence-electron chi connectivity index (χ3n) is 7.85. The molecule has 9 nitrogen and oxygen atoms in total. The van der Waals surface area contributed by atoms with E-state index >= 15 is 0 Å². The van der Waals surface area contributed by atoms with Gasteiger partial charge in [0.1, 0.15) is 5.69 Å². The van der Waals surface area contributed by atoms with E-state index in [1.165, 1.54) is 11.5 Å². The fraction of sp³-hybridized carbons (Fsp3) is 0.281. The number of hydrogen-bond acceptors (Lipinski definition) is 5. The molecule has 0 spiro atoms. The third kappa shape index (κ3) is 6.04. The smallest absolute Gasteiger partial charge is 0.333 e. The van der Waals surface area contributed by atoms with Gasteiger partial charge in [0.05, 0.1) is 36.1 Å². The number of ether oxygens (including phenoxy) is 1. The predicted molar refractivity (Wildman–Crippen MR) is 169 cm³/mol. The summed E-state index contributed by atoms with van der Waals surface area (Å²) >= 11 is 9.60. The van der Waals surface area contributed by atoms with Crippen molar-refractivity contribution in [1.29, 1.82) is 0 Å². The molecule has 2 amide bonds. The molecular weight excluding hydrogens is 653 g/mol. The molecule has 2 aliphatic heterocycles. The zero-order valence-corrected chi connectivity index (χ0v) is 26.3. The van der Waals surface area contributed by atoms with Gasteiger partial charge in [0.2, 0.25) is 5.85 Å². The molecule has 0 bridgehead atoms. The van der Waals surface area contributed by atoms with E-state index in [2.05, 4.69) is 21.2 Å². The second-order valence-electron chi connectivity index (χ2n) is 11.0. The largest absolute Gasteiger partial charge is 0.364 e. The van der Waals surface area contributed by atoms with Crippen LogP contribution in [0.25, 0.3) is 5.69 Å². The summed E-state index contributed by atoms with van der Waals surface area (Å²) in [6.45, 7) is 3.09. The molecule has 12 heteroatoms. The third-order valence-corrected chi connectivity index (χ3v) is 9.09. The van der Waals surface area contributed by atoms with E-state index < -0.39 is 11.8 Å². The highest BCUT2D eigenvalue weighted by Crippen LogP contribution is 2.28.